The standard InChI is InChI=1S/C9H15NO3/c1-3-7(11)4-6(2)5-8(10)9(12)13/h3,6,8H,1,4-5,10H2,2H3,(H,12,13)/t6?,8-/m1/s1. The van der Waals surface area contributed by atoms with E-state index in [4.69, 9.17) is 10.8 Å². The predicted molar refractivity (Wildman–Crippen MR) is 49.2 cm³/mol. The first-order valence-electron chi connectivity index (χ1n) is 4.11. The number of carboxylic acid groups (broad SMARTS) is 1. The Morgan fingerprint density at radius 1 is 1.62 bits per heavy atom. The lowest BCUT2D eigenvalue weighted by Crippen LogP contribution is -2.32. The van der Waals surface area contributed by atoms with E-state index in [0.29, 0.717) is 12.8 Å². The normalized spacial score (nSPS) is 14.6. The van der Waals surface area contributed by atoms with Crippen LogP contribution in [0.25, 0.3) is 0 Å². The summed E-state index contributed by atoms with van der Waals surface area (Å²) in [6, 6.07) is -0.882. The highest BCUT2D eigenvalue weighted by atomic mass is 16.4. The zero-order chi connectivity index (χ0) is 10.4. The Morgan fingerprint density at radius 2 is 2.15 bits per heavy atom. The van der Waals surface area contributed by atoms with E-state index >= 15 is 0 Å². The Balaban J connectivity index is 3.86. The Bertz CT molecular complexity index is 213. The van der Waals surface area contributed by atoms with Gasteiger partial charge in [-0.1, -0.05) is 13.5 Å². The molecule has 13 heavy (non-hydrogen) atoms. The van der Waals surface area contributed by atoms with Crippen molar-refractivity contribution in [3.05, 3.63) is 12.7 Å². The van der Waals surface area contributed by atoms with Gasteiger partial charge in [0.05, 0.1) is 0 Å². The lowest BCUT2D eigenvalue weighted by atomic mass is 9.97. The number of carbonyl (C=O) groups excluding carboxylic acids is 1. The van der Waals surface area contributed by atoms with E-state index in [-0.39, 0.29) is 11.7 Å². The summed E-state index contributed by atoms with van der Waals surface area (Å²) in [5.41, 5.74) is 5.30. The SMILES string of the molecule is C=CC(=O)CC(C)C[C@@H](N)C(=O)O. The van der Waals surface area contributed by atoms with Crippen molar-refractivity contribution in [3.63, 3.8) is 0 Å². The number of nitrogens with two attached hydrogens (primary N) is 1. The first-order valence-corrected chi connectivity index (χ1v) is 4.11. The second kappa shape index (κ2) is 5.48. The van der Waals surface area contributed by atoms with Crippen molar-refractivity contribution in [3.8, 4) is 0 Å². The average Bonchev–Trinajstić information content (AvgIpc) is 2.03. The van der Waals surface area contributed by atoms with E-state index in [2.05, 4.69) is 6.58 Å². The Morgan fingerprint density at radius 3 is 2.54 bits per heavy atom. The van der Waals surface area contributed by atoms with Crippen LogP contribution in [-0.2, 0) is 9.59 Å². The van der Waals surface area contributed by atoms with E-state index in [9.17, 15) is 9.59 Å². The third-order valence-electron chi connectivity index (χ3n) is 1.75. The summed E-state index contributed by atoms with van der Waals surface area (Å²) >= 11 is 0. The van der Waals surface area contributed by atoms with E-state index in [1.807, 2.05) is 0 Å². The number of aliphatic carboxylic acids is 1. The van der Waals surface area contributed by atoms with Crippen LogP contribution in [-0.4, -0.2) is 22.9 Å². The van der Waals surface area contributed by atoms with Crippen molar-refractivity contribution < 1.29 is 14.7 Å². The van der Waals surface area contributed by atoms with Crippen LogP contribution in [0.2, 0.25) is 0 Å². The zero-order valence-electron chi connectivity index (χ0n) is 7.69. The molecular weight excluding hydrogens is 170 g/mol. The minimum Gasteiger partial charge on any atom is -0.480 e. The maximum Gasteiger partial charge on any atom is 0.320 e. The largest absolute Gasteiger partial charge is 0.480 e. The average molecular weight is 185 g/mol. The smallest absolute Gasteiger partial charge is 0.320 e. The fourth-order valence-corrected chi connectivity index (χ4v) is 1.04. The molecule has 2 atom stereocenters. The van der Waals surface area contributed by atoms with E-state index in [0.717, 1.165) is 0 Å². The molecule has 0 aliphatic rings. The van der Waals surface area contributed by atoms with Crippen LogP contribution < -0.4 is 5.73 Å². The van der Waals surface area contributed by atoms with Gasteiger partial charge in [-0.3, -0.25) is 9.59 Å². The fraction of sp³-hybridized carbons (Fsp3) is 0.556. The molecule has 0 aliphatic heterocycles. The molecule has 0 aromatic heterocycles. The maximum atomic E-state index is 10.9. The van der Waals surface area contributed by atoms with Crippen LogP contribution in [0.5, 0.6) is 0 Å². The molecule has 74 valence electrons. The van der Waals surface area contributed by atoms with Crippen molar-refractivity contribution in [2.45, 2.75) is 25.8 Å². The predicted octanol–water partition coefficient (Wildman–Crippen LogP) is 0.570. The molecule has 0 aliphatic carbocycles. The van der Waals surface area contributed by atoms with E-state index in [1.54, 1.807) is 6.92 Å². The number of carbonyl (C=O) groups is 2. The molecule has 0 saturated heterocycles. The van der Waals surface area contributed by atoms with Gasteiger partial charge in [0.2, 0.25) is 0 Å². The molecule has 0 aromatic carbocycles. The van der Waals surface area contributed by atoms with Crippen molar-refractivity contribution in [2.24, 2.45) is 11.7 Å². The van der Waals surface area contributed by atoms with Crippen LogP contribution in [0.4, 0.5) is 0 Å². The van der Waals surface area contributed by atoms with E-state index < -0.39 is 12.0 Å². The summed E-state index contributed by atoms with van der Waals surface area (Å²) in [7, 11) is 0. The molecule has 3 N–H and O–H groups in total. The molecule has 0 aromatic rings. The van der Waals surface area contributed by atoms with Gasteiger partial charge >= 0.3 is 5.97 Å². The topological polar surface area (TPSA) is 80.4 Å². The Labute approximate surface area is 77.4 Å². The molecule has 0 spiro atoms. The van der Waals surface area contributed by atoms with Gasteiger partial charge < -0.3 is 10.8 Å². The van der Waals surface area contributed by atoms with Crippen LogP contribution in [0.15, 0.2) is 12.7 Å². The lowest BCUT2D eigenvalue weighted by Gasteiger charge is -2.11. The Hall–Kier alpha value is -1.16. The van der Waals surface area contributed by atoms with Crippen molar-refractivity contribution in [2.75, 3.05) is 0 Å². The first-order chi connectivity index (χ1) is 5.97. The van der Waals surface area contributed by atoms with Gasteiger partial charge in [-0.05, 0) is 18.4 Å². The molecule has 0 fully saturated rings. The number of hydrogen-bond acceptors (Lipinski definition) is 3. The highest BCUT2D eigenvalue weighted by Gasteiger charge is 2.16. The number of hydrogen-bond donors (Lipinski definition) is 2. The number of allylic oxidation sites excluding steroid dienone is 1. The molecule has 0 heterocycles. The highest BCUT2D eigenvalue weighted by Crippen LogP contribution is 2.10. The molecule has 0 rings (SSSR count). The minimum atomic E-state index is -1.03. The molecule has 4 nitrogen and oxygen atoms in total. The van der Waals surface area contributed by atoms with Crippen LogP contribution >= 0.6 is 0 Å². The molecule has 0 amide bonds. The second-order valence-electron chi connectivity index (χ2n) is 3.16. The summed E-state index contributed by atoms with van der Waals surface area (Å²) in [5.74, 6) is -1.13. The summed E-state index contributed by atoms with van der Waals surface area (Å²) in [6.07, 6.45) is 1.86. The summed E-state index contributed by atoms with van der Waals surface area (Å²) in [6.45, 7) is 5.13. The van der Waals surface area contributed by atoms with Crippen LogP contribution in [0.3, 0.4) is 0 Å². The fourth-order valence-electron chi connectivity index (χ4n) is 1.04. The maximum absolute atomic E-state index is 10.9. The van der Waals surface area contributed by atoms with Gasteiger partial charge in [0.25, 0.3) is 0 Å². The molecule has 0 saturated carbocycles. The van der Waals surface area contributed by atoms with Gasteiger partial charge in [0, 0.05) is 6.42 Å². The van der Waals surface area contributed by atoms with Gasteiger partial charge in [0.1, 0.15) is 6.04 Å². The second-order valence-corrected chi connectivity index (χ2v) is 3.16. The van der Waals surface area contributed by atoms with Gasteiger partial charge in [-0.25, -0.2) is 0 Å². The van der Waals surface area contributed by atoms with Crippen LogP contribution in [0, 0.1) is 5.92 Å². The van der Waals surface area contributed by atoms with Crippen LogP contribution in [0.1, 0.15) is 19.8 Å². The summed E-state index contributed by atoms with van der Waals surface area (Å²) in [4.78, 5) is 21.2. The van der Waals surface area contributed by atoms with Crippen molar-refractivity contribution >= 4 is 11.8 Å². The minimum absolute atomic E-state index is 0.0170. The Kier molecular flexibility index (Phi) is 4.99. The van der Waals surface area contributed by atoms with Crippen molar-refractivity contribution in [1.82, 2.24) is 0 Å². The third kappa shape index (κ3) is 5.14. The summed E-state index contributed by atoms with van der Waals surface area (Å²) < 4.78 is 0. The van der Waals surface area contributed by atoms with Gasteiger partial charge in [-0.2, -0.15) is 0 Å². The number of ketones is 1. The quantitative estimate of drug-likeness (QED) is 0.593. The molecule has 0 bridgehead atoms. The summed E-state index contributed by atoms with van der Waals surface area (Å²) in [5, 5.41) is 8.49. The lowest BCUT2D eigenvalue weighted by molar-refractivity contribution is -0.139. The van der Waals surface area contributed by atoms with Gasteiger partial charge in [0.15, 0.2) is 5.78 Å². The number of rotatable bonds is 6. The zero-order valence-corrected chi connectivity index (χ0v) is 7.69. The van der Waals surface area contributed by atoms with Gasteiger partial charge in [-0.15, -0.1) is 0 Å². The number of carboxylic acids is 1. The highest BCUT2D eigenvalue weighted by molar-refractivity contribution is 5.89. The van der Waals surface area contributed by atoms with Crippen molar-refractivity contribution in [1.29, 1.82) is 0 Å². The molecule has 4 heteroatoms. The molecule has 1 unspecified atom stereocenters. The third-order valence-corrected chi connectivity index (χ3v) is 1.75. The monoisotopic (exact) mass is 185 g/mol. The molecular formula is C9H15NO3. The molecule has 0 radical (unpaired) electrons. The first kappa shape index (κ1) is 11.8. The van der Waals surface area contributed by atoms with E-state index in [1.165, 1.54) is 6.08 Å².